The Bertz CT molecular complexity index is 560. The minimum atomic E-state index is 0.548. The van der Waals surface area contributed by atoms with Crippen LogP contribution in [-0.4, -0.2) is 19.7 Å². The van der Waals surface area contributed by atoms with Gasteiger partial charge in [0.15, 0.2) is 0 Å². The zero-order valence-electron chi connectivity index (χ0n) is 11.6. The van der Waals surface area contributed by atoms with Crippen LogP contribution < -0.4 is 11.1 Å². The summed E-state index contributed by atoms with van der Waals surface area (Å²) in [4.78, 5) is 8.81. The minimum absolute atomic E-state index is 0.548. The van der Waals surface area contributed by atoms with Crippen LogP contribution in [0.5, 0.6) is 0 Å². The van der Waals surface area contributed by atoms with E-state index in [1.807, 2.05) is 26.4 Å². The quantitative estimate of drug-likeness (QED) is 0.854. The Morgan fingerprint density at radius 3 is 2.79 bits per heavy atom. The van der Waals surface area contributed by atoms with E-state index in [2.05, 4.69) is 27.3 Å². The van der Waals surface area contributed by atoms with Crippen molar-refractivity contribution in [2.45, 2.75) is 33.2 Å². The molecule has 2 rings (SSSR count). The maximum atomic E-state index is 5.92. The predicted octanol–water partition coefficient (Wildman–Crippen LogP) is 1.67. The first kappa shape index (κ1) is 13.3. The number of hydrogen-bond acceptors (Lipinski definition) is 5. The van der Waals surface area contributed by atoms with E-state index in [9.17, 15) is 0 Å². The molecule has 0 aliphatic rings. The van der Waals surface area contributed by atoms with Gasteiger partial charge >= 0.3 is 0 Å². The fourth-order valence-corrected chi connectivity index (χ4v) is 1.84. The van der Waals surface area contributed by atoms with Crippen molar-refractivity contribution in [1.82, 2.24) is 19.7 Å². The van der Waals surface area contributed by atoms with E-state index in [-0.39, 0.29) is 0 Å². The number of anilines is 2. The summed E-state index contributed by atoms with van der Waals surface area (Å²) in [5.41, 5.74) is 7.92. The van der Waals surface area contributed by atoms with Crippen LogP contribution in [0.2, 0.25) is 0 Å². The zero-order valence-corrected chi connectivity index (χ0v) is 11.6. The molecule has 0 aliphatic heterocycles. The number of nitrogens with two attached hydrogens (primary N) is 1. The van der Waals surface area contributed by atoms with Crippen LogP contribution in [0.25, 0.3) is 0 Å². The van der Waals surface area contributed by atoms with Gasteiger partial charge in [-0.05, 0) is 13.3 Å². The summed E-state index contributed by atoms with van der Waals surface area (Å²) in [5, 5.41) is 7.43. The molecule has 19 heavy (non-hydrogen) atoms. The molecule has 0 aliphatic carbocycles. The van der Waals surface area contributed by atoms with Crippen LogP contribution in [0.4, 0.5) is 11.6 Å². The van der Waals surface area contributed by atoms with E-state index in [0.717, 1.165) is 35.6 Å². The second kappa shape index (κ2) is 5.69. The number of nitrogen functional groups attached to an aromatic ring is 1. The Morgan fingerprint density at radius 2 is 2.16 bits per heavy atom. The van der Waals surface area contributed by atoms with Gasteiger partial charge in [0.2, 0.25) is 0 Å². The second-order valence-electron chi connectivity index (χ2n) is 4.62. The van der Waals surface area contributed by atoms with Crippen molar-refractivity contribution >= 4 is 11.6 Å². The van der Waals surface area contributed by atoms with E-state index < -0.39 is 0 Å². The van der Waals surface area contributed by atoms with E-state index in [0.29, 0.717) is 12.4 Å². The van der Waals surface area contributed by atoms with Crippen LogP contribution in [0.1, 0.15) is 30.3 Å². The number of nitrogens with zero attached hydrogens (tertiary/aromatic N) is 4. The van der Waals surface area contributed by atoms with E-state index in [4.69, 9.17) is 5.73 Å². The molecule has 0 spiro atoms. The van der Waals surface area contributed by atoms with Crippen LogP contribution in [0.3, 0.4) is 0 Å². The molecule has 2 aromatic rings. The van der Waals surface area contributed by atoms with Gasteiger partial charge in [0.25, 0.3) is 0 Å². The Morgan fingerprint density at radius 1 is 1.37 bits per heavy atom. The van der Waals surface area contributed by atoms with E-state index in [1.54, 1.807) is 4.68 Å². The fraction of sp³-hybridized carbons (Fsp3) is 0.462. The minimum Gasteiger partial charge on any atom is -0.383 e. The van der Waals surface area contributed by atoms with Crippen LogP contribution >= 0.6 is 0 Å². The van der Waals surface area contributed by atoms with Crippen molar-refractivity contribution in [3.05, 3.63) is 29.3 Å². The maximum Gasteiger partial charge on any atom is 0.135 e. The zero-order chi connectivity index (χ0) is 13.8. The van der Waals surface area contributed by atoms with Crippen molar-refractivity contribution in [3.63, 3.8) is 0 Å². The van der Waals surface area contributed by atoms with Gasteiger partial charge in [-0.2, -0.15) is 5.10 Å². The summed E-state index contributed by atoms with van der Waals surface area (Å²) in [5.74, 6) is 2.14. The number of aryl methyl sites for hydroxylation is 2. The van der Waals surface area contributed by atoms with Gasteiger partial charge in [-0.3, -0.25) is 4.68 Å². The van der Waals surface area contributed by atoms with Gasteiger partial charge in [0.1, 0.15) is 17.5 Å². The molecule has 0 fully saturated rings. The van der Waals surface area contributed by atoms with Gasteiger partial charge in [0.05, 0.1) is 6.20 Å². The first-order valence-electron chi connectivity index (χ1n) is 6.44. The lowest BCUT2D eigenvalue weighted by Crippen LogP contribution is -2.09. The topological polar surface area (TPSA) is 81.6 Å². The standard InChI is InChI=1S/C13H20N6/c1-4-5-11-17-12(14)9(2)13(18-11)15-6-10-7-16-19(3)8-10/h7-8H,4-6H2,1-3H3,(H3,14,15,17,18). The van der Waals surface area contributed by atoms with Crippen molar-refractivity contribution in [2.24, 2.45) is 7.05 Å². The number of nitrogens with one attached hydrogen (secondary N) is 1. The maximum absolute atomic E-state index is 5.92. The molecule has 0 aromatic carbocycles. The Labute approximate surface area is 113 Å². The largest absolute Gasteiger partial charge is 0.383 e. The number of aromatic nitrogens is 4. The van der Waals surface area contributed by atoms with Crippen molar-refractivity contribution in [3.8, 4) is 0 Å². The molecule has 102 valence electrons. The normalized spacial score (nSPS) is 10.7. The molecule has 3 N–H and O–H groups in total. The number of hydrogen-bond donors (Lipinski definition) is 2. The molecule has 0 bridgehead atoms. The van der Waals surface area contributed by atoms with Gasteiger partial charge in [-0.15, -0.1) is 0 Å². The number of rotatable bonds is 5. The third kappa shape index (κ3) is 3.21. The molecule has 0 radical (unpaired) electrons. The van der Waals surface area contributed by atoms with Gasteiger partial charge < -0.3 is 11.1 Å². The van der Waals surface area contributed by atoms with E-state index >= 15 is 0 Å². The van der Waals surface area contributed by atoms with E-state index in [1.165, 1.54) is 0 Å². The lowest BCUT2D eigenvalue weighted by atomic mass is 10.2. The summed E-state index contributed by atoms with van der Waals surface area (Å²) in [7, 11) is 1.90. The van der Waals surface area contributed by atoms with Crippen LogP contribution in [0.15, 0.2) is 12.4 Å². The molecule has 6 nitrogen and oxygen atoms in total. The third-order valence-corrected chi connectivity index (χ3v) is 2.92. The molecule has 2 heterocycles. The molecule has 0 saturated carbocycles. The smallest absolute Gasteiger partial charge is 0.135 e. The lowest BCUT2D eigenvalue weighted by molar-refractivity contribution is 0.767. The van der Waals surface area contributed by atoms with Crippen molar-refractivity contribution in [2.75, 3.05) is 11.1 Å². The highest BCUT2D eigenvalue weighted by atomic mass is 15.2. The highest BCUT2D eigenvalue weighted by Crippen LogP contribution is 2.18. The SMILES string of the molecule is CCCc1nc(N)c(C)c(NCc2cnn(C)c2)n1. The van der Waals surface area contributed by atoms with Crippen molar-refractivity contribution in [1.29, 1.82) is 0 Å². The predicted molar refractivity (Wildman–Crippen MR) is 75.7 cm³/mol. The molecule has 0 amide bonds. The van der Waals surface area contributed by atoms with Gasteiger partial charge in [-0.1, -0.05) is 6.92 Å². The summed E-state index contributed by atoms with van der Waals surface area (Å²) < 4.78 is 1.78. The average Bonchev–Trinajstić information content (AvgIpc) is 2.78. The molecular weight excluding hydrogens is 240 g/mol. The molecule has 0 unspecified atom stereocenters. The Hall–Kier alpha value is -2.11. The Kier molecular flexibility index (Phi) is 3.99. The second-order valence-corrected chi connectivity index (χ2v) is 4.62. The molecule has 0 atom stereocenters. The van der Waals surface area contributed by atoms with Gasteiger partial charge in [-0.25, -0.2) is 9.97 Å². The van der Waals surface area contributed by atoms with Crippen LogP contribution in [0, 0.1) is 6.92 Å². The highest BCUT2D eigenvalue weighted by molar-refractivity contribution is 5.54. The first-order valence-corrected chi connectivity index (χ1v) is 6.44. The highest BCUT2D eigenvalue weighted by Gasteiger charge is 2.08. The van der Waals surface area contributed by atoms with Crippen LogP contribution in [-0.2, 0) is 20.0 Å². The summed E-state index contributed by atoms with van der Waals surface area (Å²) in [6, 6.07) is 0. The first-order chi connectivity index (χ1) is 9.10. The molecule has 6 heteroatoms. The summed E-state index contributed by atoms with van der Waals surface area (Å²) in [6.45, 7) is 4.70. The average molecular weight is 260 g/mol. The molecular formula is C13H20N6. The van der Waals surface area contributed by atoms with Crippen molar-refractivity contribution < 1.29 is 0 Å². The third-order valence-electron chi connectivity index (χ3n) is 2.92. The molecule has 2 aromatic heterocycles. The summed E-state index contributed by atoms with van der Waals surface area (Å²) in [6.07, 6.45) is 5.65. The summed E-state index contributed by atoms with van der Waals surface area (Å²) >= 11 is 0. The molecule has 0 saturated heterocycles. The fourth-order valence-electron chi connectivity index (χ4n) is 1.84. The Balaban J connectivity index is 2.14. The monoisotopic (exact) mass is 260 g/mol. The van der Waals surface area contributed by atoms with Gasteiger partial charge in [0, 0.05) is 37.3 Å². The lowest BCUT2D eigenvalue weighted by Gasteiger charge is -2.11.